The third-order valence-corrected chi connectivity index (χ3v) is 5.60. The van der Waals surface area contributed by atoms with Crippen LogP contribution in [0.25, 0.3) is 11.0 Å². The lowest BCUT2D eigenvalue weighted by molar-refractivity contribution is 0.0722. The first-order valence-corrected chi connectivity index (χ1v) is 10.1. The molecule has 0 saturated heterocycles. The standard InChI is InChI=1S/C22H20Cl2N2O3/c1-25(2)10-3-11-26-19(13-4-6-14(23)7-5-13)18-20(27)16-12-15(24)8-9-17(16)29-21(18)22(26)28/h4-9,12,19H,3,10-11H2,1-2H3/t19-/m0/s1. The molecule has 1 atom stereocenters. The molecule has 5 nitrogen and oxygen atoms in total. The Balaban J connectivity index is 1.88. The molecule has 1 aliphatic rings. The zero-order chi connectivity index (χ0) is 20.7. The lowest BCUT2D eigenvalue weighted by atomic mass is 9.98. The summed E-state index contributed by atoms with van der Waals surface area (Å²) in [6, 6.07) is 11.5. The van der Waals surface area contributed by atoms with Crippen LogP contribution in [0.5, 0.6) is 0 Å². The molecule has 0 fully saturated rings. The van der Waals surface area contributed by atoms with Gasteiger partial charge in [0.25, 0.3) is 5.91 Å². The third kappa shape index (κ3) is 3.66. The van der Waals surface area contributed by atoms with Crippen LogP contribution in [0.3, 0.4) is 0 Å². The van der Waals surface area contributed by atoms with Gasteiger partial charge in [0.15, 0.2) is 5.43 Å². The van der Waals surface area contributed by atoms with E-state index in [9.17, 15) is 9.59 Å². The largest absolute Gasteiger partial charge is 0.450 e. The van der Waals surface area contributed by atoms with E-state index in [0.29, 0.717) is 33.1 Å². The first-order valence-electron chi connectivity index (χ1n) is 9.34. The number of benzene rings is 2. The van der Waals surface area contributed by atoms with Gasteiger partial charge >= 0.3 is 0 Å². The molecule has 0 spiro atoms. The van der Waals surface area contributed by atoms with Crippen molar-refractivity contribution in [3.8, 4) is 0 Å². The predicted octanol–water partition coefficient (Wildman–Crippen LogP) is 4.60. The van der Waals surface area contributed by atoms with Crippen molar-refractivity contribution in [1.82, 2.24) is 9.80 Å². The number of carbonyl (C=O) groups excluding carboxylic acids is 1. The van der Waals surface area contributed by atoms with Crippen molar-refractivity contribution >= 4 is 40.1 Å². The fraction of sp³-hybridized carbons (Fsp3) is 0.273. The van der Waals surface area contributed by atoms with Crippen LogP contribution >= 0.6 is 23.2 Å². The Labute approximate surface area is 178 Å². The molecule has 0 unspecified atom stereocenters. The van der Waals surface area contributed by atoms with Gasteiger partial charge in [-0.25, -0.2) is 0 Å². The minimum Gasteiger partial charge on any atom is -0.450 e. The smallest absolute Gasteiger partial charge is 0.290 e. The van der Waals surface area contributed by atoms with E-state index < -0.39 is 6.04 Å². The topological polar surface area (TPSA) is 53.8 Å². The molecule has 0 bridgehead atoms. The Morgan fingerprint density at radius 2 is 1.72 bits per heavy atom. The lowest BCUT2D eigenvalue weighted by Gasteiger charge is -2.25. The maximum absolute atomic E-state index is 13.4. The summed E-state index contributed by atoms with van der Waals surface area (Å²) in [7, 11) is 3.97. The van der Waals surface area contributed by atoms with Crippen molar-refractivity contribution in [2.45, 2.75) is 12.5 Å². The molecule has 2 heterocycles. The van der Waals surface area contributed by atoms with Crippen LogP contribution < -0.4 is 5.43 Å². The van der Waals surface area contributed by atoms with Gasteiger partial charge in [0.1, 0.15) is 5.58 Å². The number of rotatable bonds is 5. The highest BCUT2D eigenvalue weighted by atomic mass is 35.5. The Hall–Kier alpha value is -2.34. The minimum atomic E-state index is -0.517. The first-order chi connectivity index (χ1) is 13.9. The quantitative estimate of drug-likeness (QED) is 0.593. The van der Waals surface area contributed by atoms with Crippen LogP contribution in [0.1, 0.15) is 34.1 Å². The maximum Gasteiger partial charge on any atom is 0.290 e. The van der Waals surface area contributed by atoms with E-state index in [2.05, 4.69) is 4.90 Å². The lowest BCUT2D eigenvalue weighted by Crippen LogP contribution is -2.32. The SMILES string of the molecule is CN(C)CCCN1C(=O)c2oc3ccc(Cl)cc3c(=O)c2[C@@H]1c1ccc(Cl)cc1. The summed E-state index contributed by atoms with van der Waals surface area (Å²) >= 11 is 12.1. The zero-order valence-electron chi connectivity index (χ0n) is 16.1. The molecule has 7 heteroatoms. The second kappa shape index (κ2) is 7.82. The molecule has 1 aromatic heterocycles. The van der Waals surface area contributed by atoms with Crippen molar-refractivity contribution < 1.29 is 9.21 Å². The molecule has 0 N–H and O–H groups in total. The number of nitrogens with zero attached hydrogens (tertiary/aromatic N) is 2. The van der Waals surface area contributed by atoms with E-state index >= 15 is 0 Å². The fourth-order valence-electron chi connectivity index (χ4n) is 3.77. The zero-order valence-corrected chi connectivity index (χ0v) is 17.6. The van der Waals surface area contributed by atoms with Crippen LogP contribution in [0.2, 0.25) is 10.0 Å². The second-order valence-electron chi connectivity index (χ2n) is 7.42. The molecule has 1 aliphatic heterocycles. The molecule has 3 aromatic rings. The number of fused-ring (bicyclic) bond motifs is 2. The van der Waals surface area contributed by atoms with Crippen LogP contribution in [-0.2, 0) is 0 Å². The van der Waals surface area contributed by atoms with E-state index in [4.69, 9.17) is 27.6 Å². The van der Waals surface area contributed by atoms with Gasteiger partial charge in [-0.15, -0.1) is 0 Å². The van der Waals surface area contributed by atoms with Gasteiger partial charge in [-0.05, 0) is 63.0 Å². The highest BCUT2D eigenvalue weighted by Gasteiger charge is 2.42. The summed E-state index contributed by atoms with van der Waals surface area (Å²) in [5.41, 5.74) is 1.31. The number of carbonyl (C=O) groups is 1. The first kappa shape index (κ1) is 20.0. The van der Waals surface area contributed by atoms with Gasteiger partial charge < -0.3 is 14.2 Å². The highest BCUT2D eigenvalue weighted by Crippen LogP contribution is 2.38. The average Bonchev–Trinajstić information content (AvgIpc) is 2.95. The van der Waals surface area contributed by atoms with Crippen molar-refractivity contribution in [2.75, 3.05) is 27.2 Å². The summed E-state index contributed by atoms with van der Waals surface area (Å²) in [5, 5.41) is 1.41. The summed E-state index contributed by atoms with van der Waals surface area (Å²) in [6.07, 6.45) is 0.774. The number of halogens is 2. The molecule has 1 amide bonds. The molecular formula is C22H20Cl2N2O3. The second-order valence-corrected chi connectivity index (χ2v) is 8.30. The normalized spacial score (nSPS) is 16.1. The molecule has 2 aromatic carbocycles. The van der Waals surface area contributed by atoms with Gasteiger partial charge in [-0.3, -0.25) is 9.59 Å². The number of hydrogen-bond donors (Lipinski definition) is 0. The van der Waals surface area contributed by atoms with Gasteiger partial charge in [0.05, 0.1) is 17.0 Å². The number of amides is 1. The third-order valence-electron chi connectivity index (χ3n) is 5.12. The average molecular weight is 431 g/mol. The Bertz CT molecular complexity index is 1140. The van der Waals surface area contributed by atoms with Crippen molar-refractivity contribution in [3.63, 3.8) is 0 Å². The summed E-state index contributed by atoms with van der Waals surface area (Å²) < 4.78 is 5.90. The van der Waals surface area contributed by atoms with E-state index in [1.807, 2.05) is 26.2 Å². The van der Waals surface area contributed by atoms with Crippen LogP contribution in [0.15, 0.2) is 51.7 Å². The summed E-state index contributed by atoms with van der Waals surface area (Å²) in [6.45, 7) is 1.33. The van der Waals surface area contributed by atoms with Crippen LogP contribution in [0, 0.1) is 0 Å². The van der Waals surface area contributed by atoms with Crippen molar-refractivity contribution in [1.29, 1.82) is 0 Å². The molecular weight excluding hydrogens is 411 g/mol. The van der Waals surface area contributed by atoms with Gasteiger partial charge in [-0.2, -0.15) is 0 Å². The monoisotopic (exact) mass is 430 g/mol. The van der Waals surface area contributed by atoms with Crippen LogP contribution in [0.4, 0.5) is 0 Å². The molecule has 29 heavy (non-hydrogen) atoms. The summed E-state index contributed by atoms with van der Waals surface area (Å²) in [4.78, 5) is 30.3. The van der Waals surface area contributed by atoms with Crippen LogP contribution in [-0.4, -0.2) is 42.9 Å². The fourth-order valence-corrected chi connectivity index (χ4v) is 4.07. The van der Waals surface area contributed by atoms with Gasteiger partial charge in [-0.1, -0.05) is 35.3 Å². The maximum atomic E-state index is 13.4. The van der Waals surface area contributed by atoms with E-state index in [-0.39, 0.29) is 17.1 Å². The molecule has 0 radical (unpaired) electrons. The minimum absolute atomic E-state index is 0.106. The Morgan fingerprint density at radius 1 is 1.03 bits per heavy atom. The predicted molar refractivity (Wildman–Crippen MR) is 115 cm³/mol. The van der Waals surface area contributed by atoms with Crippen molar-refractivity contribution in [3.05, 3.63) is 79.6 Å². The van der Waals surface area contributed by atoms with E-state index in [1.165, 1.54) is 0 Å². The highest BCUT2D eigenvalue weighted by molar-refractivity contribution is 6.31. The van der Waals surface area contributed by atoms with E-state index in [1.54, 1.807) is 35.2 Å². The Morgan fingerprint density at radius 3 is 2.41 bits per heavy atom. The Kier molecular flexibility index (Phi) is 5.38. The van der Waals surface area contributed by atoms with Gasteiger partial charge in [0.2, 0.25) is 5.76 Å². The molecule has 4 rings (SSSR count). The molecule has 150 valence electrons. The summed E-state index contributed by atoms with van der Waals surface area (Å²) in [5.74, 6) is -0.165. The molecule has 0 aliphatic carbocycles. The molecule has 0 saturated carbocycles. The van der Waals surface area contributed by atoms with Gasteiger partial charge in [0, 0.05) is 16.6 Å². The van der Waals surface area contributed by atoms with E-state index in [0.717, 1.165) is 18.5 Å². The number of hydrogen-bond acceptors (Lipinski definition) is 4. The van der Waals surface area contributed by atoms with Crippen molar-refractivity contribution in [2.24, 2.45) is 0 Å².